The highest BCUT2D eigenvalue weighted by atomic mass is 16.3. The van der Waals surface area contributed by atoms with E-state index < -0.39 is 0 Å². The number of aliphatic hydroxyl groups is 1. The molecule has 1 atom stereocenters. The van der Waals surface area contributed by atoms with Gasteiger partial charge in [0, 0.05) is 12.0 Å². The van der Waals surface area contributed by atoms with Crippen LogP contribution >= 0.6 is 0 Å². The van der Waals surface area contributed by atoms with E-state index in [-0.39, 0.29) is 6.61 Å². The Morgan fingerprint density at radius 1 is 0.800 bits per heavy atom. The number of aliphatic imine (C=N–C) groups is 1. The Labute approximate surface area is 186 Å². The molecule has 0 bridgehead atoms. The lowest BCUT2D eigenvalue weighted by molar-refractivity contribution is -0.850. The smallest absolute Gasteiger partial charge is 0.198 e. The maximum Gasteiger partial charge on any atom is 0.198 e. The van der Waals surface area contributed by atoms with Crippen LogP contribution in [0, 0.1) is 0 Å². The van der Waals surface area contributed by atoms with Crippen LogP contribution in [0.4, 0.5) is 0 Å². The topological polar surface area (TPSA) is 32.6 Å². The van der Waals surface area contributed by atoms with E-state index >= 15 is 0 Å². The van der Waals surface area contributed by atoms with Crippen LogP contribution in [0.5, 0.6) is 0 Å². The molecule has 0 fully saturated rings. The molecule has 30 heavy (non-hydrogen) atoms. The number of hydrogen-bond donors (Lipinski definition) is 1. The van der Waals surface area contributed by atoms with Crippen LogP contribution in [-0.4, -0.2) is 41.7 Å². The predicted molar refractivity (Wildman–Crippen MR) is 130 cm³/mol. The van der Waals surface area contributed by atoms with Crippen molar-refractivity contribution in [1.82, 2.24) is 0 Å². The number of aliphatic hydroxyl groups excluding tert-OH is 1. The summed E-state index contributed by atoms with van der Waals surface area (Å²) in [7, 11) is 0. The van der Waals surface area contributed by atoms with Crippen molar-refractivity contribution in [3.63, 3.8) is 0 Å². The average Bonchev–Trinajstić information content (AvgIpc) is 3.14. The fourth-order valence-electron chi connectivity index (χ4n) is 4.88. The van der Waals surface area contributed by atoms with Gasteiger partial charge in [-0.2, -0.15) is 0 Å². The second kappa shape index (κ2) is 15.6. The van der Waals surface area contributed by atoms with E-state index in [4.69, 9.17) is 4.99 Å². The molecule has 0 aliphatic carbocycles. The number of benzene rings is 1. The van der Waals surface area contributed by atoms with E-state index in [0.29, 0.717) is 0 Å². The van der Waals surface area contributed by atoms with Gasteiger partial charge in [-0.05, 0) is 6.42 Å². The Kier molecular flexibility index (Phi) is 13.0. The molecule has 0 aromatic heterocycles. The highest BCUT2D eigenvalue weighted by Crippen LogP contribution is 2.24. The number of quaternary nitrogens is 1. The summed E-state index contributed by atoms with van der Waals surface area (Å²) in [6.45, 7) is 6.26. The monoisotopic (exact) mass is 415 g/mol. The molecule has 170 valence electrons. The molecular formula is C27H47N2O+. The summed E-state index contributed by atoms with van der Waals surface area (Å²) in [5.41, 5.74) is 1.35. The first-order chi connectivity index (χ1) is 14.8. The number of nitrogens with zero attached hydrogens (tertiary/aromatic N) is 2. The van der Waals surface area contributed by atoms with Gasteiger partial charge in [0.15, 0.2) is 5.84 Å². The SMILES string of the molecule is CCCCCCCCCCCCCCCC1=NCC[N+]1(CCO)Cc1ccccc1. The van der Waals surface area contributed by atoms with Gasteiger partial charge in [0.25, 0.3) is 0 Å². The second-order valence-corrected chi connectivity index (χ2v) is 9.25. The van der Waals surface area contributed by atoms with Crippen LogP contribution in [0.15, 0.2) is 35.3 Å². The van der Waals surface area contributed by atoms with E-state index in [1.54, 1.807) is 0 Å². The van der Waals surface area contributed by atoms with Crippen molar-refractivity contribution < 1.29 is 9.59 Å². The molecular weight excluding hydrogens is 368 g/mol. The Morgan fingerprint density at radius 2 is 1.37 bits per heavy atom. The molecule has 1 aliphatic rings. The van der Waals surface area contributed by atoms with Crippen molar-refractivity contribution in [2.45, 2.75) is 103 Å². The first kappa shape index (κ1) is 25.1. The van der Waals surface area contributed by atoms with Crippen molar-refractivity contribution in [2.75, 3.05) is 26.2 Å². The van der Waals surface area contributed by atoms with Crippen molar-refractivity contribution in [3.05, 3.63) is 35.9 Å². The van der Waals surface area contributed by atoms with Gasteiger partial charge in [0.2, 0.25) is 0 Å². The van der Waals surface area contributed by atoms with Gasteiger partial charge in [0.05, 0.1) is 13.2 Å². The minimum Gasteiger partial charge on any atom is -0.390 e. The third-order valence-corrected chi connectivity index (χ3v) is 6.73. The molecule has 1 aromatic rings. The highest BCUT2D eigenvalue weighted by molar-refractivity contribution is 5.76. The van der Waals surface area contributed by atoms with Gasteiger partial charge in [-0.25, -0.2) is 4.99 Å². The average molecular weight is 416 g/mol. The molecule has 0 saturated heterocycles. The Hall–Kier alpha value is -1.19. The standard InChI is InChI=1S/C27H47N2O/c1-2-3-4-5-6-7-8-9-10-11-12-13-17-20-27-28-21-22-29(27,23-24-30)25-26-18-15-14-16-19-26/h14-16,18-19,30H,2-13,17,20-25H2,1H3/q+1. The zero-order valence-corrected chi connectivity index (χ0v) is 19.7. The third-order valence-electron chi connectivity index (χ3n) is 6.73. The summed E-state index contributed by atoms with van der Waals surface area (Å²) in [5.74, 6) is 1.33. The predicted octanol–water partition coefficient (Wildman–Crippen LogP) is 6.89. The van der Waals surface area contributed by atoms with Crippen LogP contribution in [0.25, 0.3) is 0 Å². The van der Waals surface area contributed by atoms with Crippen molar-refractivity contribution in [3.8, 4) is 0 Å². The molecule has 0 amide bonds. The molecule has 0 saturated carbocycles. The largest absolute Gasteiger partial charge is 0.390 e. The molecule has 1 unspecified atom stereocenters. The van der Waals surface area contributed by atoms with Crippen LogP contribution < -0.4 is 0 Å². The quantitative estimate of drug-likeness (QED) is 0.205. The van der Waals surface area contributed by atoms with Crippen LogP contribution in [0.1, 0.15) is 102 Å². The summed E-state index contributed by atoms with van der Waals surface area (Å²) in [6.07, 6.45) is 19.2. The fraction of sp³-hybridized carbons (Fsp3) is 0.741. The number of rotatable bonds is 18. The molecule has 1 aliphatic heterocycles. The minimum atomic E-state index is 0.241. The summed E-state index contributed by atoms with van der Waals surface area (Å²) < 4.78 is 0.874. The van der Waals surface area contributed by atoms with E-state index in [2.05, 4.69) is 37.3 Å². The zero-order chi connectivity index (χ0) is 21.3. The van der Waals surface area contributed by atoms with Crippen LogP contribution in [0.3, 0.4) is 0 Å². The van der Waals surface area contributed by atoms with Crippen LogP contribution in [-0.2, 0) is 6.54 Å². The van der Waals surface area contributed by atoms with Gasteiger partial charge >= 0.3 is 0 Å². The number of unbranched alkanes of at least 4 members (excludes halogenated alkanes) is 12. The molecule has 1 aromatic carbocycles. The molecule has 1 N–H and O–H groups in total. The lowest BCUT2D eigenvalue weighted by Gasteiger charge is -2.34. The lowest BCUT2D eigenvalue weighted by Crippen LogP contribution is -2.51. The summed E-state index contributed by atoms with van der Waals surface area (Å²) in [4.78, 5) is 4.88. The lowest BCUT2D eigenvalue weighted by atomic mass is 10.0. The molecule has 3 heteroatoms. The number of amidine groups is 1. The first-order valence-corrected chi connectivity index (χ1v) is 12.9. The highest BCUT2D eigenvalue weighted by Gasteiger charge is 2.37. The Balaban J connectivity index is 1.57. The summed E-state index contributed by atoms with van der Waals surface area (Å²) in [6, 6.07) is 10.7. The summed E-state index contributed by atoms with van der Waals surface area (Å²) in [5, 5.41) is 9.70. The van der Waals surface area contributed by atoms with Gasteiger partial charge < -0.3 is 5.11 Å². The van der Waals surface area contributed by atoms with Crippen molar-refractivity contribution >= 4 is 5.84 Å². The minimum absolute atomic E-state index is 0.241. The van der Waals surface area contributed by atoms with Gasteiger partial charge in [-0.3, -0.25) is 4.48 Å². The fourth-order valence-corrected chi connectivity index (χ4v) is 4.88. The molecule has 3 nitrogen and oxygen atoms in total. The Bertz CT molecular complexity index is 571. The maximum atomic E-state index is 9.70. The van der Waals surface area contributed by atoms with Gasteiger partial charge in [-0.1, -0.05) is 114 Å². The van der Waals surface area contributed by atoms with Gasteiger partial charge in [0.1, 0.15) is 19.6 Å². The molecule has 1 heterocycles. The van der Waals surface area contributed by atoms with Gasteiger partial charge in [-0.15, -0.1) is 0 Å². The third kappa shape index (κ3) is 9.31. The maximum absolute atomic E-state index is 9.70. The molecule has 2 rings (SSSR count). The molecule has 0 spiro atoms. The second-order valence-electron chi connectivity index (χ2n) is 9.25. The van der Waals surface area contributed by atoms with Crippen LogP contribution in [0.2, 0.25) is 0 Å². The van der Waals surface area contributed by atoms with E-state index in [1.165, 1.54) is 94.9 Å². The number of hydrogen-bond acceptors (Lipinski definition) is 2. The Morgan fingerprint density at radius 3 is 1.93 bits per heavy atom. The zero-order valence-electron chi connectivity index (χ0n) is 19.7. The van der Waals surface area contributed by atoms with Crippen molar-refractivity contribution in [2.24, 2.45) is 4.99 Å². The van der Waals surface area contributed by atoms with E-state index in [0.717, 1.165) is 37.1 Å². The first-order valence-electron chi connectivity index (χ1n) is 12.9. The van der Waals surface area contributed by atoms with E-state index in [9.17, 15) is 5.11 Å². The molecule has 0 radical (unpaired) electrons. The van der Waals surface area contributed by atoms with E-state index in [1.807, 2.05) is 0 Å². The summed E-state index contributed by atoms with van der Waals surface area (Å²) >= 11 is 0. The normalized spacial score (nSPS) is 18.7. The van der Waals surface area contributed by atoms with Crippen molar-refractivity contribution in [1.29, 1.82) is 0 Å².